The van der Waals surface area contributed by atoms with Crippen molar-refractivity contribution in [2.24, 2.45) is 10.9 Å². The van der Waals surface area contributed by atoms with Gasteiger partial charge in [-0.1, -0.05) is 17.7 Å². The third-order valence-corrected chi connectivity index (χ3v) is 7.17. The SMILES string of the molecule is COC(=O)C1=C(C2CCc3nc(C(=O)O)oc3C2)NC(c2nccs2)=NC1c1ccc(F)c(F)c1Cl. The van der Waals surface area contributed by atoms with Gasteiger partial charge < -0.3 is 19.6 Å². The summed E-state index contributed by atoms with van der Waals surface area (Å²) in [5.41, 5.74) is 1.10. The number of allylic oxidation sites excluding steroid dienone is 1. The van der Waals surface area contributed by atoms with E-state index < -0.39 is 40.5 Å². The number of benzene rings is 1. The van der Waals surface area contributed by atoms with Gasteiger partial charge >= 0.3 is 17.8 Å². The Morgan fingerprint density at radius 3 is 2.83 bits per heavy atom. The normalized spacial score (nSPS) is 19.4. The van der Waals surface area contributed by atoms with Gasteiger partial charge in [0.05, 0.1) is 23.4 Å². The van der Waals surface area contributed by atoms with Gasteiger partial charge in [-0.2, -0.15) is 0 Å². The molecule has 2 unspecified atom stereocenters. The van der Waals surface area contributed by atoms with Crippen molar-refractivity contribution in [3.05, 3.63) is 79.6 Å². The van der Waals surface area contributed by atoms with Crippen molar-refractivity contribution in [1.82, 2.24) is 15.3 Å². The number of aliphatic imine (C=N–C) groups is 1. The number of aryl methyl sites for hydroxylation is 1. The summed E-state index contributed by atoms with van der Waals surface area (Å²) in [6.45, 7) is 0. The van der Waals surface area contributed by atoms with Gasteiger partial charge in [0.15, 0.2) is 22.5 Å². The van der Waals surface area contributed by atoms with Crippen LogP contribution in [0.1, 0.15) is 45.2 Å². The predicted molar refractivity (Wildman–Crippen MR) is 124 cm³/mol. The van der Waals surface area contributed by atoms with Gasteiger partial charge in [-0.15, -0.1) is 11.3 Å². The molecular formula is C23H17ClF2N4O5S. The van der Waals surface area contributed by atoms with Crippen LogP contribution in [0.4, 0.5) is 8.78 Å². The third kappa shape index (κ3) is 4.16. The number of nitrogens with one attached hydrogen (secondary N) is 1. The first-order chi connectivity index (χ1) is 17.3. The van der Waals surface area contributed by atoms with E-state index in [9.17, 15) is 23.5 Å². The fourth-order valence-corrected chi connectivity index (χ4v) is 5.20. The smallest absolute Gasteiger partial charge is 0.392 e. The van der Waals surface area contributed by atoms with Crippen LogP contribution < -0.4 is 5.32 Å². The number of thiazole rings is 1. The lowest BCUT2D eigenvalue weighted by atomic mass is 9.83. The van der Waals surface area contributed by atoms with Crippen molar-refractivity contribution in [1.29, 1.82) is 0 Å². The molecule has 1 aliphatic carbocycles. The minimum Gasteiger partial charge on any atom is -0.474 e. The number of carbonyl (C=O) groups excluding carboxylic acids is 1. The second-order valence-electron chi connectivity index (χ2n) is 8.06. The fraction of sp³-hybridized carbons (Fsp3) is 0.261. The van der Waals surface area contributed by atoms with E-state index in [4.69, 9.17) is 20.8 Å². The van der Waals surface area contributed by atoms with Crippen molar-refractivity contribution in [3.8, 4) is 0 Å². The first-order valence-corrected chi connectivity index (χ1v) is 12.0. The van der Waals surface area contributed by atoms with E-state index in [1.807, 2.05) is 0 Å². The number of oxazole rings is 1. The zero-order valence-corrected chi connectivity index (χ0v) is 20.1. The largest absolute Gasteiger partial charge is 0.474 e. The minimum atomic E-state index is -1.28. The Bertz CT molecular complexity index is 1440. The van der Waals surface area contributed by atoms with Crippen LogP contribution in [0.2, 0.25) is 5.02 Å². The highest BCUT2D eigenvalue weighted by Crippen LogP contribution is 2.41. The number of halogens is 3. The molecule has 0 fully saturated rings. The van der Waals surface area contributed by atoms with Crippen LogP contribution in [0, 0.1) is 17.6 Å². The molecule has 0 spiro atoms. The Balaban J connectivity index is 1.66. The van der Waals surface area contributed by atoms with Crippen LogP contribution in [0.25, 0.3) is 0 Å². The lowest BCUT2D eigenvalue weighted by Gasteiger charge is -2.32. The molecule has 9 nitrogen and oxygen atoms in total. The molecule has 36 heavy (non-hydrogen) atoms. The van der Waals surface area contributed by atoms with E-state index in [2.05, 4.69) is 20.3 Å². The van der Waals surface area contributed by atoms with E-state index >= 15 is 0 Å². The molecule has 2 atom stereocenters. The van der Waals surface area contributed by atoms with Gasteiger partial charge in [-0.25, -0.2) is 28.3 Å². The highest BCUT2D eigenvalue weighted by molar-refractivity contribution is 7.11. The number of rotatable bonds is 5. The van der Waals surface area contributed by atoms with Crippen LogP contribution in [-0.2, 0) is 22.4 Å². The number of methoxy groups -OCH3 is 1. The summed E-state index contributed by atoms with van der Waals surface area (Å²) >= 11 is 7.47. The Morgan fingerprint density at radius 2 is 2.14 bits per heavy atom. The van der Waals surface area contributed by atoms with Gasteiger partial charge in [0, 0.05) is 35.2 Å². The Morgan fingerprint density at radius 1 is 1.33 bits per heavy atom. The molecule has 186 valence electrons. The second kappa shape index (κ2) is 9.43. The van der Waals surface area contributed by atoms with Crippen molar-refractivity contribution < 1.29 is 32.6 Å². The van der Waals surface area contributed by atoms with Crippen molar-refractivity contribution in [3.63, 3.8) is 0 Å². The Kier molecular flexibility index (Phi) is 6.31. The van der Waals surface area contributed by atoms with Gasteiger partial charge in [0.2, 0.25) is 0 Å². The number of esters is 1. The van der Waals surface area contributed by atoms with Crippen LogP contribution in [-0.4, -0.2) is 40.0 Å². The molecule has 3 aromatic rings. The maximum absolute atomic E-state index is 14.4. The Labute approximate surface area is 211 Å². The monoisotopic (exact) mass is 534 g/mol. The molecule has 1 aromatic carbocycles. The molecule has 0 saturated heterocycles. The molecule has 13 heteroatoms. The van der Waals surface area contributed by atoms with E-state index in [0.29, 0.717) is 40.8 Å². The molecule has 0 saturated carbocycles. The quantitative estimate of drug-likeness (QED) is 0.370. The topological polar surface area (TPSA) is 127 Å². The zero-order chi connectivity index (χ0) is 25.6. The molecule has 5 rings (SSSR count). The maximum atomic E-state index is 14.4. The highest BCUT2D eigenvalue weighted by Gasteiger charge is 2.39. The average Bonchev–Trinajstić information content (AvgIpc) is 3.56. The second-order valence-corrected chi connectivity index (χ2v) is 9.33. The first kappa shape index (κ1) is 24.1. The number of carbonyl (C=O) groups is 2. The number of ether oxygens (including phenoxy) is 1. The molecule has 2 aliphatic rings. The molecule has 2 N–H and O–H groups in total. The number of carboxylic acids is 1. The molecule has 3 heterocycles. The standard InChI is InChI=1S/C23H17ClF2N4O5S/c1-34-23(33)14-17(9-2-5-12-13(8-9)35-20(28-12)22(31)32)29-19(21-27-6-7-36-21)30-18(14)10-3-4-11(25)16(26)15(10)24/h3-4,6-7,9,18H,2,5,8H2,1H3,(H,29,30)(H,31,32). The molecule has 0 bridgehead atoms. The maximum Gasteiger partial charge on any atom is 0.392 e. The lowest BCUT2D eigenvalue weighted by molar-refractivity contribution is -0.136. The summed E-state index contributed by atoms with van der Waals surface area (Å²) in [6, 6.07) is 1.07. The third-order valence-electron chi connectivity index (χ3n) is 6.01. The number of nitrogens with zero attached hydrogens (tertiary/aromatic N) is 3. The van der Waals surface area contributed by atoms with Crippen molar-refractivity contribution >= 4 is 40.7 Å². The molecule has 0 radical (unpaired) electrons. The average molecular weight is 535 g/mol. The summed E-state index contributed by atoms with van der Waals surface area (Å²) in [7, 11) is 1.20. The predicted octanol–water partition coefficient (Wildman–Crippen LogP) is 4.08. The number of hydrogen-bond donors (Lipinski definition) is 2. The summed E-state index contributed by atoms with van der Waals surface area (Å²) in [5, 5.41) is 14.2. The number of aromatic carboxylic acids is 1. The van der Waals surface area contributed by atoms with E-state index in [-0.39, 0.29) is 23.5 Å². The molecule has 0 amide bonds. The lowest BCUT2D eigenvalue weighted by Crippen LogP contribution is -2.38. The number of amidine groups is 1. The van der Waals surface area contributed by atoms with Gasteiger partial charge in [0.25, 0.3) is 0 Å². The zero-order valence-electron chi connectivity index (χ0n) is 18.5. The minimum absolute atomic E-state index is 0.0668. The van der Waals surface area contributed by atoms with Crippen LogP contribution in [0.15, 0.2) is 44.4 Å². The van der Waals surface area contributed by atoms with Crippen molar-refractivity contribution in [2.75, 3.05) is 7.11 Å². The molecule has 1 aliphatic heterocycles. The van der Waals surface area contributed by atoms with Crippen LogP contribution in [0.3, 0.4) is 0 Å². The van der Waals surface area contributed by atoms with E-state index in [0.717, 1.165) is 6.07 Å². The van der Waals surface area contributed by atoms with Gasteiger partial charge in [-0.05, 0) is 18.9 Å². The molecular weight excluding hydrogens is 518 g/mol. The number of hydrogen-bond acceptors (Lipinski definition) is 9. The van der Waals surface area contributed by atoms with Gasteiger partial charge in [0.1, 0.15) is 11.8 Å². The summed E-state index contributed by atoms with van der Waals surface area (Å²) in [6.07, 6.45) is 2.71. The number of carboxylic acid groups (broad SMARTS) is 1. The van der Waals surface area contributed by atoms with Gasteiger partial charge in [-0.3, -0.25) is 4.99 Å². The molecule has 2 aromatic heterocycles. The highest BCUT2D eigenvalue weighted by atomic mass is 35.5. The first-order valence-electron chi connectivity index (χ1n) is 10.7. The Hall–Kier alpha value is -3.64. The van der Waals surface area contributed by atoms with Crippen LogP contribution >= 0.6 is 22.9 Å². The van der Waals surface area contributed by atoms with Crippen molar-refractivity contribution in [2.45, 2.75) is 25.3 Å². The van der Waals surface area contributed by atoms with E-state index in [1.165, 1.54) is 24.5 Å². The summed E-state index contributed by atoms with van der Waals surface area (Å²) < 4.78 is 38.8. The van der Waals surface area contributed by atoms with E-state index in [1.54, 1.807) is 11.6 Å². The fourth-order valence-electron chi connectivity index (χ4n) is 4.36. The number of fused-ring (bicyclic) bond motifs is 1. The summed E-state index contributed by atoms with van der Waals surface area (Å²) in [4.78, 5) is 37.3. The number of aromatic nitrogens is 2. The van der Waals surface area contributed by atoms with Crippen LogP contribution in [0.5, 0.6) is 0 Å². The summed E-state index contributed by atoms with van der Waals surface area (Å²) in [5.74, 6) is -4.47.